The smallest absolute Gasteiger partial charge is 0.191 e. The summed E-state index contributed by atoms with van der Waals surface area (Å²) in [5.74, 6) is 0.841. The van der Waals surface area contributed by atoms with Crippen molar-refractivity contribution in [3.8, 4) is 0 Å². The lowest BCUT2D eigenvalue weighted by Crippen LogP contribution is -2.37. The van der Waals surface area contributed by atoms with E-state index in [0.717, 1.165) is 49.6 Å². The molecule has 0 unspecified atom stereocenters. The van der Waals surface area contributed by atoms with Gasteiger partial charge in [-0.15, -0.1) is 0 Å². The number of nitrogens with one attached hydrogen (secondary N) is 2. The molecule has 5 heteroatoms. The van der Waals surface area contributed by atoms with Gasteiger partial charge in [0, 0.05) is 37.8 Å². The van der Waals surface area contributed by atoms with Crippen molar-refractivity contribution < 1.29 is 4.74 Å². The van der Waals surface area contributed by atoms with Crippen molar-refractivity contribution in [1.82, 2.24) is 10.6 Å². The van der Waals surface area contributed by atoms with Crippen LogP contribution in [0.1, 0.15) is 30.9 Å². The van der Waals surface area contributed by atoms with E-state index in [9.17, 15) is 0 Å². The first-order valence-corrected chi connectivity index (χ1v) is 8.24. The minimum Gasteiger partial charge on any atom is -0.382 e. The molecule has 0 radical (unpaired) electrons. The van der Waals surface area contributed by atoms with Crippen molar-refractivity contribution >= 4 is 21.9 Å². The highest BCUT2D eigenvalue weighted by Crippen LogP contribution is 2.15. The van der Waals surface area contributed by atoms with Gasteiger partial charge in [-0.1, -0.05) is 22.0 Å². The molecule has 0 atom stereocenters. The molecule has 0 heterocycles. The maximum absolute atomic E-state index is 5.32. The Kier molecular flexibility index (Phi) is 9.10. The second-order valence-electron chi connectivity index (χ2n) is 4.83. The molecule has 0 fully saturated rings. The maximum atomic E-state index is 5.32. The maximum Gasteiger partial charge on any atom is 0.191 e. The summed E-state index contributed by atoms with van der Waals surface area (Å²) < 4.78 is 6.43. The highest BCUT2D eigenvalue weighted by molar-refractivity contribution is 9.10. The van der Waals surface area contributed by atoms with Gasteiger partial charge in [0.1, 0.15) is 0 Å². The van der Waals surface area contributed by atoms with E-state index in [1.807, 2.05) is 6.92 Å². The Labute approximate surface area is 136 Å². The van der Waals surface area contributed by atoms with Crippen LogP contribution in [0.3, 0.4) is 0 Å². The van der Waals surface area contributed by atoms with Gasteiger partial charge in [0.25, 0.3) is 0 Å². The molecule has 1 aromatic rings. The second-order valence-corrected chi connectivity index (χ2v) is 5.74. The number of guanidine groups is 1. The highest BCUT2D eigenvalue weighted by atomic mass is 79.9. The van der Waals surface area contributed by atoms with Gasteiger partial charge in [-0.2, -0.15) is 0 Å². The van der Waals surface area contributed by atoms with Crippen molar-refractivity contribution in [2.24, 2.45) is 4.99 Å². The standard InChI is InChI=1S/C16H26BrN3O/c1-4-21-10-6-5-9-19-16(18-3)20-12-14-7-8-15(17)11-13(14)2/h7-8,11H,4-6,9-10,12H2,1-3H3,(H2,18,19,20). The molecule has 4 nitrogen and oxygen atoms in total. The fraction of sp³-hybridized carbons (Fsp3) is 0.562. The molecular formula is C16H26BrN3O. The fourth-order valence-electron chi connectivity index (χ4n) is 1.94. The molecule has 1 rings (SSSR count). The molecule has 2 N–H and O–H groups in total. The second kappa shape index (κ2) is 10.6. The van der Waals surface area contributed by atoms with E-state index in [2.05, 4.69) is 56.7 Å². The third kappa shape index (κ3) is 7.48. The van der Waals surface area contributed by atoms with Crippen LogP contribution in [-0.2, 0) is 11.3 Å². The van der Waals surface area contributed by atoms with E-state index in [0.29, 0.717) is 0 Å². The van der Waals surface area contributed by atoms with Gasteiger partial charge in [0.2, 0.25) is 0 Å². The highest BCUT2D eigenvalue weighted by Gasteiger charge is 2.01. The van der Waals surface area contributed by atoms with Gasteiger partial charge in [0.15, 0.2) is 5.96 Å². The van der Waals surface area contributed by atoms with E-state index < -0.39 is 0 Å². The van der Waals surface area contributed by atoms with Gasteiger partial charge in [0.05, 0.1) is 0 Å². The Balaban J connectivity index is 2.28. The van der Waals surface area contributed by atoms with Crippen LogP contribution in [0.4, 0.5) is 0 Å². The minimum absolute atomic E-state index is 0.776. The Morgan fingerprint density at radius 1 is 1.29 bits per heavy atom. The summed E-state index contributed by atoms with van der Waals surface area (Å²) in [6.07, 6.45) is 2.15. The third-order valence-corrected chi connectivity index (χ3v) is 3.68. The molecule has 0 aliphatic rings. The topological polar surface area (TPSA) is 45.6 Å². The molecule has 0 spiro atoms. The average molecular weight is 356 g/mol. The van der Waals surface area contributed by atoms with Crippen LogP contribution in [0.2, 0.25) is 0 Å². The summed E-state index contributed by atoms with van der Waals surface area (Å²) in [5.41, 5.74) is 2.54. The van der Waals surface area contributed by atoms with Crippen molar-refractivity contribution in [2.75, 3.05) is 26.8 Å². The summed E-state index contributed by atoms with van der Waals surface area (Å²) in [7, 11) is 1.80. The first kappa shape index (κ1) is 18.0. The number of ether oxygens (including phenoxy) is 1. The quantitative estimate of drug-likeness (QED) is 0.427. The number of aliphatic imine (C=N–C) groups is 1. The Hall–Kier alpha value is -1.07. The van der Waals surface area contributed by atoms with Crippen molar-refractivity contribution in [3.05, 3.63) is 33.8 Å². The zero-order valence-electron chi connectivity index (χ0n) is 13.2. The van der Waals surface area contributed by atoms with Gasteiger partial charge in [-0.05, 0) is 49.9 Å². The number of hydrogen-bond acceptors (Lipinski definition) is 2. The van der Waals surface area contributed by atoms with Crippen molar-refractivity contribution in [1.29, 1.82) is 0 Å². The molecule has 0 saturated carbocycles. The number of unbranched alkanes of at least 4 members (excludes halogenated alkanes) is 1. The van der Waals surface area contributed by atoms with Crippen molar-refractivity contribution in [3.63, 3.8) is 0 Å². The number of benzene rings is 1. The SMILES string of the molecule is CCOCCCCNC(=NC)NCc1ccc(Br)cc1C. The van der Waals surface area contributed by atoms with E-state index in [-0.39, 0.29) is 0 Å². The number of halogens is 1. The number of aryl methyl sites for hydroxylation is 1. The van der Waals surface area contributed by atoms with Gasteiger partial charge < -0.3 is 15.4 Å². The third-order valence-electron chi connectivity index (χ3n) is 3.19. The van der Waals surface area contributed by atoms with Crippen LogP contribution in [0.25, 0.3) is 0 Å². The van der Waals surface area contributed by atoms with Gasteiger partial charge >= 0.3 is 0 Å². The van der Waals surface area contributed by atoms with Gasteiger partial charge in [-0.3, -0.25) is 4.99 Å². The van der Waals surface area contributed by atoms with Crippen LogP contribution >= 0.6 is 15.9 Å². The molecule has 1 aromatic carbocycles. The molecule has 21 heavy (non-hydrogen) atoms. The zero-order chi connectivity index (χ0) is 15.5. The van der Waals surface area contributed by atoms with Crippen molar-refractivity contribution in [2.45, 2.75) is 33.2 Å². The molecule has 0 saturated heterocycles. The molecule has 0 aliphatic heterocycles. The predicted octanol–water partition coefficient (Wildman–Crippen LogP) is 3.24. The lowest BCUT2D eigenvalue weighted by atomic mass is 10.1. The Morgan fingerprint density at radius 3 is 2.76 bits per heavy atom. The van der Waals surface area contributed by atoms with Crippen LogP contribution in [-0.4, -0.2) is 32.8 Å². The fourth-order valence-corrected chi connectivity index (χ4v) is 2.41. The van der Waals surface area contributed by atoms with Crippen LogP contribution in [0.15, 0.2) is 27.7 Å². The summed E-state index contributed by atoms with van der Waals surface area (Å²) in [6, 6.07) is 6.32. The summed E-state index contributed by atoms with van der Waals surface area (Å²) >= 11 is 3.48. The first-order chi connectivity index (χ1) is 10.2. The monoisotopic (exact) mass is 355 g/mol. The first-order valence-electron chi connectivity index (χ1n) is 7.44. The van der Waals surface area contributed by atoms with E-state index in [4.69, 9.17) is 4.74 Å². The minimum atomic E-state index is 0.776. The lowest BCUT2D eigenvalue weighted by Gasteiger charge is -2.13. The van der Waals surface area contributed by atoms with E-state index in [1.54, 1.807) is 7.05 Å². The van der Waals surface area contributed by atoms with Crippen LogP contribution in [0.5, 0.6) is 0 Å². The zero-order valence-corrected chi connectivity index (χ0v) is 14.8. The normalized spacial score (nSPS) is 11.5. The molecular weight excluding hydrogens is 330 g/mol. The predicted molar refractivity (Wildman–Crippen MR) is 92.8 cm³/mol. The Morgan fingerprint density at radius 2 is 2.10 bits per heavy atom. The van der Waals surface area contributed by atoms with Gasteiger partial charge in [-0.25, -0.2) is 0 Å². The summed E-state index contributed by atoms with van der Waals surface area (Å²) in [6.45, 7) is 7.45. The number of rotatable bonds is 8. The van der Waals surface area contributed by atoms with Crippen LogP contribution < -0.4 is 10.6 Å². The molecule has 0 amide bonds. The Bertz CT molecular complexity index is 449. The lowest BCUT2D eigenvalue weighted by molar-refractivity contribution is 0.143. The molecule has 0 aromatic heterocycles. The number of nitrogens with zero attached hydrogens (tertiary/aromatic N) is 1. The molecule has 0 bridgehead atoms. The summed E-state index contributed by atoms with van der Waals surface area (Å²) in [4.78, 5) is 4.24. The molecule has 118 valence electrons. The number of hydrogen-bond donors (Lipinski definition) is 2. The average Bonchev–Trinajstić information content (AvgIpc) is 2.47. The summed E-state index contributed by atoms with van der Waals surface area (Å²) in [5, 5.41) is 6.66. The van der Waals surface area contributed by atoms with Crippen LogP contribution in [0, 0.1) is 6.92 Å². The largest absolute Gasteiger partial charge is 0.382 e. The van der Waals surface area contributed by atoms with E-state index in [1.165, 1.54) is 11.1 Å². The van der Waals surface area contributed by atoms with E-state index >= 15 is 0 Å². The molecule has 0 aliphatic carbocycles.